The molecule has 1 aliphatic carbocycles. The molecule has 41 heavy (non-hydrogen) atoms. The van der Waals surface area contributed by atoms with Crippen molar-refractivity contribution in [2.75, 3.05) is 62.0 Å². The molecule has 1 fully saturated rings. The zero-order valence-electron chi connectivity index (χ0n) is 24.2. The highest BCUT2D eigenvalue weighted by Crippen LogP contribution is 2.24. The Morgan fingerprint density at radius 2 is 1.54 bits per heavy atom. The summed E-state index contributed by atoms with van der Waals surface area (Å²) in [5.41, 5.74) is 0.619. The number of carboxylic acids is 1. The van der Waals surface area contributed by atoms with Gasteiger partial charge in [0.25, 0.3) is 5.91 Å². The van der Waals surface area contributed by atoms with Crippen LogP contribution in [0.1, 0.15) is 62.7 Å². The minimum absolute atomic E-state index is 0.102. The summed E-state index contributed by atoms with van der Waals surface area (Å²) in [7, 11) is 0. The van der Waals surface area contributed by atoms with Gasteiger partial charge in [0.2, 0.25) is 17.8 Å². The highest BCUT2D eigenvalue weighted by molar-refractivity contribution is 5.94. The SMILES string of the molecule is CC[C@H](C)[C@H](Nc1nc(NCCOCCOCCNC(=O)c2ccccc2)nc(NCC2CCCCC2)n1)C(=O)O. The third-order valence-corrected chi connectivity index (χ3v) is 7.14. The molecule has 5 N–H and O–H groups in total. The molecule has 1 aromatic heterocycles. The summed E-state index contributed by atoms with van der Waals surface area (Å²) in [6.07, 6.45) is 6.86. The Morgan fingerprint density at radius 3 is 2.20 bits per heavy atom. The number of nitrogens with one attached hydrogen (secondary N) is 4. The van der Waals surface area contributed by atoms with Crippen LogP contribution in [0.3, 0.4) is 0 Å². The number of rotatable bonds is 19. The van der Waals surface area contributed by atoms with Gasteiger partial charge in [-0.25, -0.2) is 4.79 Å². The second-order valence-corrected chi connectivity index (χ2v) is 10.3. The molecule has 2 atom stereocenters. The molecule has 0 aliphatic heterocycles. The molecule has 226 valence electrons. The maximum atomic E-state index is 12.0. The topological polar surface area (TPSA) is 160 Å². The Kier molecular flexibility index (Phi) is 14.1. The number of amides is 1. The maximum Gasteiger partial charge on any atom is 0.326 e. The molecule has 1 amide bonds. The molecule has 0 saturated heterocycles. The highest BCUT2D eigenvalue weighted by Gasteiger charge is 2.25. The van der Waals surface area contributed by atoms with Crippen molar-refractivity contribution in [2.24, 2.45) is 11.8 Å². The Hall–Kier alpha value is -3.51. The van der Waals surface area contributed by atoms with Crippen molar-refractivity contribution in [3.63, 3.8) is 0 Å². The number of anilines is 3. The lowest BCUT2D eigenvalue weighted by Crippen LogP contribution is -2.36. The van der Waals surface area contributed by atoms with E-state index in [1.165, 1.54) is 32.1 Å². The van der Waals surface area contributed by atoms with E-state index in [4.69, 9.17) is 9.47 Å². The Morgan fingerprint density at radius 1 is 0.902 bits per heavy atom. The van der Waals surface area contributed by atoms with Crippen LogP contribution in [0.2, 0.25) is 0 Å². The average Bonchev–Trinajstić information content (AvgIpc) is 3.00. The largest absolute Gasteiger partial charge is 0.480 e. The predicted octanol–water partition coefficient (Wildman–Crippen LogP) is 3.65. The zero-order valence-corrected chi connectivity index (χ0v) is 24.2. The molecule has 0 spiro atoms. The number of ether oxygens (including phenoxy) is 2. The minimum Gasteiger partial charge on any atom is -0.480 e. The van der Waals surface area contributed by atoms with Crippen molar-refractivity contribution in [1.29, 1.82) is 0 Å². The Balaban J connectivity index is 1.40. The quantitative estimate of drug-likeness (QED) is 0.157. The third kappa shape index (κ3) is 11.9. The first-order valence-corrected chi connectivity index (χ1v) is 14.7. The van der Waals surface area contributed by atoms with Crippen molar-refractivity contribution >= 4 is 29.7 Å². The number of aromatic nitrogens is 3. The van der Waals surface area contributed by atoms with E-state index >= 15 is 0 Å². The van der Waals surface area contributed by atoms with Crippen LogP contribution in [0.15, 0.2) is 30.3 Å². The highest BCUT2D eigenvalue weighted by atomic mass is 16.5. The van der Waals surface area contributed by atoms with Gasteiger partial charge in [-0.3, -0.25) is 4.79 Å². The summed E-state index contributed by atoms with van der Waals surface area (Å²) < 4.78 is 11.1. The van der Waals surface area contributed by atoms with E-state index in [1.54, 1.807) is 12.1 Å². The first-order valence-electron chi connectivity index (χ1n) is 14.7. The molecule has 0 radical (unpaired) electrons. The van der Waals surface area contributed by atoms with E-state index in [1.807, 2.05) is 32.0 Å². The van der Waals surface area contributed by atoms with Crippen LogP contribution in [0.25, 0.3) is 0 Å². The lowest BCUT2D eigenvalue weighted by atomic mass is 9.89. The number of nitrogens with zero attached hydrogens (tertiary/aromatic N) is 3. The molecule has 1 heterocycles. The van der Waals surface area contributed by atoms with Crippen molar-refractivity contribution in [2.45, 2.75) is 58.4 Å². The second kappa shape index (κ2) is 18.0. The molecular weight excluding hydrogens is 526 g/mol. The van der Waals surface area contributed by atoms with Gasteiger partial charge in [0, 0.05) is 25.2 Å². The Labute approximate surface area is 242 Å². The van der Waals surface area contributed by atoms with Gasteiger partial charge < -0.3 is 35.8 Å². The van der Waals surface area contributed by atoms with Gasteiger partial charge in [-0.05, 0) is 36.8 Å². The maximum absolute atomic E-state index is 12.0. The molecule has 3 rings (SSSR count). The monoisotopic (exact) mass is 571 g/mol. The van der Waals surface area contributed by atoms with E-state index in [-0.39, 0.29) is 17.8 Å². The summed E-state index contributed by atoms with van der Waals surface area (Å²) in [6.45, 7) is 7.09. The van der Waals surface area contributed by atoms with Gasteiger partial charge in [0.15, 0.2) is 0 Å². The van der Waals surface area contributed by atoms with Gasteiger partial charge in [-0.1, -0.05) is 57.7 Å². The number of hydrogen-bond donors (Lipinski definition) is 5. The molecule has 2 aromatic rings. The normalized spacial score (nSPS) is 15.1. The van der Waals surface area contributed by atoms with Gasteiger partial charge in [0.05, 0.1) is 26.4 Å². The second-order valence-electron chi connectivity index (χ2n) is 10.3. The first kappa shape index (κ1) is 32.0. The fraction of sp³-hybridized carbons (Fsp3) is 0.621. The molecule has 1 aromatic carbocycles. The van der Waals surface area contributed by atoms with E-state index in [2.05, 4.69) is 36.2 Å². The van der Waals surface area contributed by atoms with Crippen LogP contribution in [-0.2, 0) is 14.3 Å². The fourth-order valence-corrected chi connectivity index (χ4v) is 4.53. The molecular formula is C29H45N7O5. The third-order valence-electron chi connectivity index (χ3n) is 7.14. The van der Waals surface area contributed by atoms with Gasteiger partial charge in [0.1, 0.15) is 6.04 Å². The standard InChI is InChI=1S/C29H45N7O5/c1-3-21(2)24(26(38)39)33-29-35-27(34-28(36-29)32-20-22-10-6-4-7-11-22)31-15-17-41-19-18-40-16-14-30-25(37)23-12-8-5-9-13-23/h5,8-9,12-13,21-22,24H,3-4,6-7,10-11,14-20H2,1-2H3,(H,30,37)(H,38,39)(H3,31,32,33,34,35,36)/t21-,24-/m0/s1. The number of aliphatic carboxylic acids is 1. The first-order chi connectivity index (χ1) is 20.0. The van der Waals surface area contributed by atoms with E-state index < -0.39 is 12.0 Å². The summed E-state index contributed by atoms with van der Waals surface area (Å²) in [5, 5.41) is 22.0. The number of benzene rings is 1. The molecule has 0 bridgehead atoms. The fourth-order valence-electron chi connectivity index (χ4n) is 4.53. The molecule has 12 nitrogen and oxygen atoms in total. The smallest absolute Gasteiger partial charge is 0.326 e. The molecule has 1 aliphatic rings. The van der Waals surface area contributed by atoms with Crippen LogP contribution in [0.5, 0.6) is 0 Å². The van der Waals surface area contributed by atoms with Gasteiger partial charge >= 0.3 is 5.97 Å². The molecule has 0 unspecified atom stereocenters. The number of carbonyl (C=O) groups is 2. The minimum atomic E-state index is -0.944. The number of carboxylic acid groups (broad SMARTS) is 1. The van der Waals surface area contributed by atoms with Gasteiger partial charge in [-0.2, -0.15) is 15.0 Å². The van der Waals surface area contributed by atoms with Crippen LogP contribution in [0, 0.1) is 11.8 Å². The van der Waals surface area contributed by atoms with Crippen LogP contribution in [-0.4, -0.2) is 84.0 Å². The van der Waals surface area contributed by atoms with E-state index in [9.17, 15) is 14.7 Å². The van der Waals surface area contributed by atoms with E-state index in [0.29, 0.717) is 69.3 Å². The predicted molar refractivity (Wildman–Crippen MR) is 158 cm³/mol. The van der Waals surface area contributed by atoms with Crippen molar-refractivity contribution in [3.05, 3.63) is 35.9 Å². The summed E-state index contributed by atoms with van der Waals surface area (Å²) in [5.74, 6) is 0.383. The number of carbonyl (C=O) groups excluding carboxylic acids is 1. The summed E-state index contributed by atoms with van der Waals surface area (Å²) >= 11 is 0. The zero-order chi connectivity index (χ0) is 29.3. The van der Waals surface area contributed by atoms with Crippen LogP contribution >= 0.6 is 0 Å². The van der Waals surface area contributed by atoms with Crippen molar-refractivity contribution < 1.29 is 24.2 Å². The summed E-state index contributed by atoms with van der Waals surface area (Å²) in [6, 6.07) is 8.24. The van der Waals surface area contributed by atoms with Crippen molar-refractivity contribution in [1.82, 2.24) is 20.3 Å². The number of hydrogen-bond acceptors (Lipinski definition) is 10. The Bertz CT molecular complexity index is 1050. The molecule has 12 heteroatoms. The lowest BCUT2D eigenvalue weighted by molar-refractivity contribution is -0.139. The van der Waals surface area contributed by atoms with E-state index in [0.717, 1.165) is 6.54 Å². The average molecular weight is 572 g/mol. The van der Waals surface area contributed by atoms with Crippen LogP contribution < -0.4 is 21.3 Å². The summed E-state index contributed by atoms with van der Waals surface area (Å²) in [4.78, 5) is 37.2. The van der Waals surface area contributed by atoms with Crippen molar-refractivity contribution in [3.8, 4) is 0 Å². The lowest BCUT2D eigenvalue weighted by Gasteiger charge is -2.22. The van der Waals surface area contributed by atoms with Crippen LogP contribution in [0.4, 0.5) is 17.8 Å². The van der Waals surface area contributed by atoms with Gasteiger partial charge in [-0.15, -0.1) is 0 Å². The molecule has 1 saturated carbocycles.